The summed E-state index contributed by atoms with van der Waals surface area (Å²) in [4.78, 5) is 0. The van der Waals surface area contributed by atoms with Gasteiger partial charge in [-0.05, 0) is 0 Å². The van der Waals surface area contributed by atoms with Crippen molar-refractivity contribution < 1.29 is 13.9 Å². The van der Waals surface area contributed by atoms with Crippen LogP contribution in [0.1, 0.15) is 0 Å². The van der Waals surface area contributed by atoms with Gasteiger partial charge in [0.05, 0.1) is 32.8 Å². The zero-order valence-electron chi connectivity index (χ0n) is 7.91. The molecule has 0 atom stereocenters. The first-order chi connectivity index (χ1) is 5.44. The zero-order chi connectivity index (χ0) is 9.61. The number of quaternary nitrogens is 1. The molecule has 1 aliphatic rings. The van der Waals surface area contributed by atoms with Crippen molar-refractivity contribution in [2.24, 2.45) is 0 Å². The van der Waals surface area contributed by atoms with Crippen LogP contribution in [0, 0.1) is 5.21 Å². The van der Waals surface area contributed by atoms with Gasteiger partial charge in [-0.15, -0.1) is 0 Å². The number of rotatable bonds is 0. The zero-order valence-corrected chi connectivity index (χ0v) is 8.73. The highest BCUT2D eigenvalue weighted by Crippen LogP contribution is 2.02. The lowest BCUT2D eigenvalue weighted by atomic mass is 10.4. The Hall–Kier alpha value is 0.190. The van der Waals surface area contributed by atoms with E-state index in [2.05, 4.69) is 0 Å². The second-order valence-electron chi connectivity index (χ2n) is 3.10. The quantitative estimate of drug-likeness (QED) is 0.309. The lowest BCUT2D eigenvalue weighted by molar-refractivity contribution is -0.869. The molecule has 0 bridgehead atoms. The topological polar surface area (TPSA) is 55.3 Å². The Bertz CT molecular complexity index is 108. The molecule has 0 amide bonds. The summed E-state index contributed by atoms with van der Waals surface area (Å²) in [6.45, 7) is 2.47. The molecule has 0 spiro atoms. The molecule has 1 rings (SSSR count). The predicted octanol–water partition coefficient (Wildman–Crippen LogP) is -0.0443. The van der Waals surface area contributed by atoms with Crippen molar-refractivity contribution in [3.63, 3.8) is 0 Å². The van der Waals surface area contributed by atoms with E-state index in [0.717, 1.165) is 0 Å². The van der Waals surface area contributed by atoms with Crippen LogP contribution in [0.15, 0.2) is 0 Å². The Balaban J connectivity index is 0.000000261. The molecule has 74 valence electrons. The van der Waals surface area contributed by atoms with Gasteiger partial charge in [0.15, 0.2) is 0 Å². The van der Waals surface area contributed by atoms with Crippen molar-refractivity contribution in [1.82, 2.24) is 0 Å². The highest BCUT2D eigenvalue weighted by Gasteiger charge is 2.13. The first-order valence-corrected chi connectivity index (χ1v) is 5.79. The van der Waals surface area contributed by atoms with E-state index in [1.807, 2.05) is 0 Å². The van der Waals surface area contributed by atoms with Crippen LogP contribution in [-0.4, -0.2) is 55.1 Å². The fourth-order valence-electron chi connectivity index (χ4n) is 0.729. The van der Waals surface area contributed by atoms with E-state index in [9.17, 15) is 9.76 Å². The smallest absolute Gasteiger partial charge is 0.102 e. The SMILES string of the molecule is C[N+]1([O-])CCOCC1.C[S+](C)[O-]. The van der Waals surface area contributed by atoms with Crippen molar-refractivity contribution >= 4 is 11.2 Å². The van der Waals surface area contributed by atoms with Crippen LogP contribution < -0.4 is 0 Å². The fraction of sp³-hybridized carbons (Fsp3) is 1.00. The molecule has 12 heavy (non-hydrogen) atoms. The number of morpholine rings is 1. The van der Waals surface area contributed by atoms with Gasteiger partial charge in [0, 0.05) is 0 Å². The van der Waals surface area contributed by atoms with E-state index in [4.69, 9.17) is 4.74 Å². The minimum atomic E-state index is -0.611. The third-order valence-electron chi connectivity index (χ3n) is 1.42. The first kappa shape index (κ1) is 12.2. The number of hydrogen-bond acceptors (Lipinski definition) is 3. The van der Waals surface area contributed by atoms with Crippen molar-refractivity contribution in [3.8, 4) is 0 Å². The fourth-order valence-corrected chi connectivity index (χ4v) is 0.729. The van der Waals surface area contributed by atoms with E-state index < -0.39 is 11.2 Å². The maximum absolute atomic E-state index is 11.0. The van der Waals surface area contributed by atoms with Gasteiger partial charge in [-0.2, -0.15) is 0 Å². The lowest BCUT2D eigenvalue weighted by Crippen LogP contribution is -2.46. The van der Waals surface area contributed by atoms with Gasteiger partial charge < -0.3 is 19.1 Å². The summed E-state index contributed by atoms with van der Waals surface area (Å²) in [5.74, 6) is 0. The van der Waals surface area contributed by atoms with Crippen LogP contribution in [0.2, 0.25) is 0 Å². The predicted molar refractivity (Wildman–Crippen MR) is 50.1 cm³/mol. The number of likely N-dealkylation sites (N-methyl/N-ethyl adjacent to an activating group) is 1. The van der Waals surface area contributed by atoms with Gasteiger partial charge in [-0.3, -0.25) is 0 Å². The molecule has 0 aliphatic carbocycles. The summed E-state index contributed by atoms with van der Waals surface area (Å²) >= 11 is -0.611. The van der Waals surface area contributed by atoms with E-state index in [1.54, 1.807) is 19.6 Å². The highest BCUT2D eigenvalue weighted by atomic mass is 32.2. The van der Waals surface area contributed by atoms with Crippen molar-refractivity contribution in [2.75, 3.05) is 45.9 Å². The molecule has 0 unspecified atom stereocenters. The first-order valence-electron chi connectivity index (χ1n) is 3.82. The summed E-state index contributed by atoms with van der Waals surface area (Å²) in [6, 6.07) is 0. The Morgan fingerprint density at radius 1 is 1.25 bits per heavy atom. The average Bonchev–Trinajstić information content (AvgIpc) is 1.85. The molecule has 4 nitrogen and oxygen atoms in total. The molecule has 0 aromatic rings. The summed E-state index contributed by atoms with van der Waals surface area (Å²) in [5.41, 5.74) is 0. The Kier molecular flexibility index (Phi) is 5.86. The van der Waals surface area contributed by atoms with E-state index in [0.29, 0.717) is 26.3 Å². The van der Waals surface area contributed by atoms with Crippen LogP contribution in [0.5, 0.6) is 0 Å². The molecule has 1 aliphatic heterocycles. The molecule has 0 N–H and O–H groups in total. The molecule has 0 aromatic carbocycles. The molecule has 5 heteroatoms. The maximum atomic E-state index is 11.0. The molecule has 1 saturated heterocycles. The van der Waals surface area contributed by atoms with Crippen molar-refractivity contribution in [3.05, 3.63) is 5.21 Å². The number of hydrogen-bond donors (Lipinski definition) is 0. The van der Waals surface area contributed by atoms with Gasteiger partial charge in [-0.25, -0.2) is 0 Å². The van der Waals surface area contributed by atoms with Crippen molar-refractivity contribution in [2.45, 2.75) is 0 Å². The molecule has 0 aromatic heterocycles. The summed E-state index contributed by atoms with van der Waals surface area (Å²) < 4.78 is 14.4. The summed E-state index contributed by atoms with van der Waals surface area (Å²) in [5, 5.41) is 11.0. The number of ether oxygens (including phenoxy) is 1. The second kappa shape index (κ2) is 5.77. The minimum Gasteiger partial charge on any atom is -0.633 e. The summed E-state index contributed by atoms with van der Waals surface area (Å²) in [6.07, 6.45) is 3.28. The Morgan fingerprint density at radius 3 is 1.75 bits per heavy atom. The van der Waals surface area contributed by atoms with Gasteiger partial charge in [-0.1, -0.05) is 11.2 Å². The van der Waals surface area contributed by atoms with Gasteiger partial charge >= 0.3 is 0 Å². The third-order valence-corrected chi connectivity index (χ3v) is 1.42. The maximum Gasteiger partial charge on any atom is 0.102 e. The van der Waals surface area contributed by atoms with E-state index >= 15 is 0 Å². The molecule has 0 saturated carbocycles. The van der Waals surface area contributed by atoms with Gasteiger partial charge in [0.25, 0.3) is 0 Å². The molecule has 1 fully saturated rings. The number of hydroxylamine groups is 3. The molecular formula is C7H17NO3S. The van der Waals surface area contributed by atoms with Crippen LogP contribution in [0.25, 0.3) is 0 Å². The standard InChI is InChI=1S/C5H11NO2.C2H6OS/c1-6(7)2-4-8-5-3-6;1-4(2)3/h2-5H2,1H3;1-2H3. The average molecular weight is 195 g/mol. The van der Waals surface area contributed by atoms with E-state index in [1.165, 1.54) is 0 Å². The number of nitrogens with zero attached hydrogens (tertiary/aromatic N) is 1. The molecule has 1 heterocycles. The highest BCUT2D eigenvalue weighted by molar-refractivity contribution is 7.89. The van der Waals surface area contributed by atoms with Crippen LogP contribution in [-0.2, 0) is 15.9 Å². The Labute approximate surface area is 76.9 Å². The largest absolute Gasteiger partial charge is 0.633 e. The van der Waals surface area contributed by atoms with Crippen LogP contribution >= 0.6 is 0 Å². The van der Waals surface area contributed by atoms with Gasteiger partial charge in [0.2, 0.25) is 0 Å². The van der Waals surface area contributed by atoms with Crippen LogP contribution in [0.4, 0.5) is 0 Å². The van der Waals surface area contributed by atoms with Gasteiger partial charge in [0.1, 0.15) is 13.1 Å². The van der Waals surface area contributed by atoms with Crippen LogP contribution in [0.3, 0.4) is 0 Å². The molecule has 0 radical (unpaired) electrons. The second-order valence-corrected chi connectivity index (χ2v) is 4.58. The summed E-state index contributed by atoms with van der Waals surface area (Å²) in [7, 11) is 1.68. The Morgan fingerprint density at radius 2 is 1.58 bits per heavy atom. The minimum absolute atomic E-state index is 0.125. The normalized spacial score (nSPS) is 21.5. The lowest BCUT2D eigenvalue weighted by Gasteiger charge is -2.41. The van der Waals surface area contributed by atoms with Crippen molar-refractivity contribution in [1.29, 1.82) is 0 Å². The van der Waals surface area contributed by atoms with E-state index in [-0.39, 0.29) is 4.65 Å². The third kappa shape index (κ3) is 8.29. The monoisotopic (exact) mass is 195 g/mol. The molecular weight excluding hydrogens is 178 g/mol.